The normalized spacial score (nSPS) is 13.8. The van der Waals surface area contributed by atoms with E-state index in [1.165, 1.54) is 12.1 Å². The molecule has 10 heteroatoms. The van der Waals surface area contributed by atoms with Crippen LogP contribution in [-0.2, 0) is 19.6 Å². The summed E-state index contributed by atoms with van der Waals surface area (Å²) in [4.78, 5) is 30.6. The number of nitrogens with zero attached hydrogens (tertiary/aromatic N) is 1. The number of allylic oxidation sites excluding steroid dienone is 1. The molecule has 0 aliphatic carbocycles. The molecular weight excluding hydrogens is 468 g/mol. The molecule has 0 aromatic heterocycles. The van der Waals surface area contributed by atoms with Gasteiger partial charge in [-0.2, -0.15) is 0 Å². The Labute approximate surface area is 205 Å². The molecule has 1 aliphatic heterocycles. The molecule has 9 nitrogen and oxygen atoms in total. The van der Waals surface area contributed by atoms with Crippen molar-refractivity contribution in [1.82, 2.24) is 10.0 Å². The third-order valence-corrected chi connectivity index (χ3v) is 6.74. The molecule has 1 aliphatic rings. The van der Waals surface area contributed by atoms with Crippen molar-refractivity contribution >= 4 is 39.1 Å². The second kappa shape index (κ2) is 10.0. The number of para-hydroxylation sites is 2. The summed E-state index contributed by atoms with van der Waals surface area (Å²) < 4.78 is 33.4. The van der Waals surface area contributed by atoms with E-state index in [4.69, 9.17) is 4.74 Å². The number of sulfonamides is 1. The molecule has 3 rings (SSSR count). The first kappa shape index (κ1) is 26.1. The Morgan fingerprint density at radius 3 is 2.43 bits per heavy atom. The fraction of sp³-hybridized carbons (Fsp3) is 0.320. The Morgan fingerprint density at radius 1 is 1.09 bits per heavy atom. The number of carbonyl (C=O) groups is 2. The van der Waals surface area contributed by atoms with E-state index in [0.717, 1.165) is 0 Å². The molecule has 0 spiro atoms. The highest BCUT2D eigenvalue weighted by atomic mass is 32.2. The van der Waals surface area contributed by atoms with Crippen LogP contribution in [0.15, 0.2) is 63.6 Å². The summed E-state index contributed by atoms with van der Waals surface area (Å²) in [6.07, 6.45) is 0. The number of hydrogen-bond acceptors (Lipinski definition) is 7. The van der Waals surface area contributed by atoms with Gasteiger partial charge in [-0.15, -0.1) is 0 Å². The van der Waals surface area contributed by atoms with Crippen LogP contribution in [0.25, 0.3) is 0 Å². The standard InChI is InChI=1S/C25H30N4O5S/c1-7-34-24(31)21-16(3)26-19-10-8-9-11-20(19)27-22(21)28-23(30)18-14-17(13-12-15(18)2)35(32,33)29-25(4,5)6/h8-14,26,29H,7H2,1-6H3,(H,27,28,30). The molecule has 2 aromatic carbocycles. The number of hydrogen-bond donors (Lipinski definition) is 3. The number of aryl methyl sites for hydroxylation is 1. The summed E-state index contributed by atoms with van der Waals surface area (Å²) in [5.41, 5.74) is 1.71. The third-order valence-electron chi connectivity index (χ3n) is 4.99. The van der Waals surface area contributed by atoms with Gasteiger partial charge >= 0.3 is 5.97 Å². The molecule has 1 heterocycles. The van der Waals surface area contributed by atoms with Crippen molar-refractivity contribution in [2.45, 2.75) is 52.0 Å². The van der Waals surface area contributed by atoms with Crippen LogP contribution in [0.4, 0.5) is 11.4 Å². The molecule has 3 N–H and O–H groups in total. The van der Waals surface area contributed by atoms with E-state index in [-0.39, 0.29) is 28.5 Å². The van der Waals surface area contributed by atoms with Gasteiger partial charge in [0.25, 0.3) is 5.91 Å². The van der Waals surface area contributed by atoms with Gasteiger partial charge in [-0.1, -0.05) is 18.2 Å². The molecule has 0 saturated carbocycles. The first-order chi connectivity index (χ1) is 16.3. The Morgan fingerprint density at radius 2 is 1.77 bits per heavy atom. The van der Waals surface area contributed by atoms with Crippen molar-refractivity contribution in [3.8, 4) is 0 Å². The predicted octanol–water partition coefficient (Wildman–Crippen LogP) is 3.79. The van der Waals surface area contributed by atoms with Crippen LogP contribution in [0.1, 0.15) is 50.5 Å². The summed E-state index contributed by atoms with van der Waals surface area (Å²) in [6, 6.07) is 11.5. The highest BCUT2D eigenvalue weighted by Crippen LogP contribution is 2.30. The third kappa shape index (κ3) is 6.14. The number of aliphatic imine (C=N–C) groups is 1. The van der Waals surface area contributed by atoms with E-state index in [1.807, 2.05) is 6.07 Å². The van der Waals surface area contributed by atoms with Crippen molar-refractivity contribution in [1.29, 1.82) is 0 Å². The number of fused-ring (bicyclic) bond motifs is 1. The van der Waals surface area contributed by atoms with Crippen molar-refractivity contribution in [2.75, 3.05) is 11.9 Å². The van der Waals surface area contributed by atoms with Crippen LogP contribution in [0, 0.1) is 6.92 Å². The molecular formula is C25H30N4O5S. The monoisotopic (exact) mass is 498 g/mol. The largest absolute Gasteiger partial charge is 0.462 e. The average molecular weight is 499 g/mol. The van der Waals surface area contributed by atoms with Gasteiger partial charge in [-0.05, 0) is 71.4 Å². The van der Waals surface area contributed by atoms with Gasteiger partial charge in [0.2, 0.25) is 10.0 Å². The van der Waals surface area contributed by atoms with E-state index >= 15 is 0 Å². The van der Waals surface area contributed by atoms with Crippen molar-refractivity contribution < 1.29 is 22.7 Å². The van der Waals surface area contributed by atoms with Gasteiger partial charge in [0.15, 0.2) is 0 Å². The summed E-state index contributed by atoms with van der Waals surface area (Å²) in [5, 5.41) is 5.84. The fourth-order valence-electron chi connectivity index (χ4n) is 3.49. The highest BCUT2D eigenvalue weighted by molar-refractivity contribution is 7.89. The van der Waals surface area contributed by atoms with E-state index in [0.29, 0.717) is 22.6 Å². The molecule has 35 heavy (non-hydrogen) atoms. The van der Waals surface area contributed by atoms with Crippen molar-refractivity contribution in [3.05, 3.63) is 64.9 Å². The number of amidine groups is 1. The first-order valence-electron chi connectivity index (χ1n) is 11.1. The fourth-order valence-corrected chi connectivity index (χ4v) is 4.93. The van der Waals surface area contributed by atoms with Crippen molar-refractivity contribution in [2.24, 2.45) is 4.99 Å². The van der Waals surface area contributed by atoms with Crippen LogP contribution in [0.2, 0.25) is 0 Å². The Balaban J connectivity index is 2.04. The molecule has 0 saturated heterocycles. The smallest absolute Gasteiger partial charge is 0.343 e. The number of anilines is 1. The maximum atomic E-state index is 13.4. The van der Waals surface area contributed by atoms with Crippen molar-refractivity contribution in [3.63, 3.8) is 0 Å². The van der Waals surface area contributed by atoms with E-state index < -0.39 is 27.4 Å². The summed E-state index contributed by atoms with van der Waals surface area (Å²) in [5.74, 6) is -1.25. The summed E-state index contributed by atoms with van der Waals surface area (Å²) >= 11 is 0. The summed E-state index contributed by atoms with van der Waals surface area (Å²) in [7, 11) is -3.86. The number of esters is 1. The number of carbonyl (C=O) groups excluding carboxylic acids is 2. The molecule has 0 radical (unpaired) electrons. The number of rotatable bonds is 5. The lowest BCUT2D eigenvalue weighted by Crippen LogP contribution is -2.40. The van der Waals surface area contributed by atoms with E-state index in [9.17, 15) is 18.0 Å². The Kier molecular flexibility index (Phi) is 7.47. The van der Waals surface area contributed by atoms with Crippen LogP contribution in [0.3, 0.4) is 0 Å². The molecule has 1 amide bonds. The Bertz CT molecular complexity index is 1340. The van der Waals surface area contributed by atoms with Crippen LogP contribution >= 0.6 is 0 Å². The predicted molar refractivity (Wildman–Crippen MR) is 135 cm³/mol. The number of ether oxygens (including phenoxy) is 1. The zero-order valence-electron chi connectivity index (χ0n) is 20.6. The molecule has 0 fully saturated rings. The maximum absolute atomic E-state index is 13.4. The number of benzene rings is 2. The van der Waals surface area contributed by atoms with Gasteiger partial charge in [-0.3, -0.25) is 4.79 Å². The van der Waals surface area contributed by atoms with Gasteiger partial charge in [0.05, 0.1) is 22.9 Å². The maximum Gasteiger partial charge on any atom is 0.343 e. The van der Waals surface area contributed by atoms with Gasteiger partial charge in [-0.25, -0.2) is 22.9 Å². The molecule has 0 bridgehead atoms. The van der Waals surface area contributed by atoms with Crippen LogP contribution in [-0.4, -0.2) is 38.3 Å². The highest BCUT2D eigenvalue weighted by Gasteiger charge is 2.28. The minimum atomic E-state index is -3.86. The van der Waals surface area contributed by atoms with Crippen LogP contribution in [0.5, 0.6) is 0 Å². The molecule has 2 aromatic rings. The Hall–Kier alpha value is -3.50. The second-order valence-electron chi connectivity index (χ2n) is 9.11. The first-order valence-corrected chi connectivity index (χ1v) is 12.6. The molecule has 0 unspecified atom stereocenters. The summed E-state index contributed by atoms with van der Waals surface area (Å²) in [6.45, 7) is 10.4. The molecule has 0 atom stereocenters. The SMILES string of the molecule is CCOC(=O)C1=C(C)Nc2ccccc2N=C1NC(=O)c1cc(S(=O)(=O)NC(C)(C)C)ccc1C. The zero-order chi connectivity index (χ0) is 26.0. The van der Waals surface area contributed by atoms with E-state index in [2.05, 4.69) is 20.3 Å². The average Bonchev–Trinajstić information content (AvgIpc) is 2.87. The van der Waals surface area contributed by atoms with Gasteiger partial charge in [0, 0.05) is 16.8 Å². The van der Waals surface area contributed by atoms with Gasteiger partial charge < -0.3 is 15.4 Å². The van der Waals surface area contributed by atoms with Gasteiger partial charge in [0.1, 0.15) is 11.4 Å². The zero-order valence-corrected chi connectivity index (χ0v) is 21.5. The quantitative estimate of drug-likeness (QED) is 0.539. The minimum absolute atomic E-state index is 0.00359. The lowest BCUT2D eigenvalue weighted by molar-refractivity contribution is -0.137. The number of nitrogens with one attached hydrogen (secondary N) is 3. The topological polar surface area (TPSA) is 126 Å². The van der Waals surface area contributed by atoms with E-state index in [1.54, 1.807) is 65.8 Å². The lowest BCUT2D eigenvalue weighted by atomic mass is 10.1. The lowest BCUT2D eigenvalue weighted by Gasteiger charge is -2.21. The number of amides is 1. The minimum Gasteiger partial charge on any atom is -0.462 e. The van der Waals surface area contributed by atoms with Crippen LogP contribution < -0.4 is 15.4 Å². The molecule has 186 valence electrons. The second-order valence-corrected chi connectivity index (χ2v) is 10.8.